The molecule has 0 radical (unpaired) electrons. The van der Waals surface area contributed by atoms with E-state index in [4.69, 9.17) is 11.5 Å². The lowest BCUT2D eigenvalue weighted by Crippen LogP contribution is -2.28. The van der Waals surface area contributed by atoms with Crippen LogP contribution in [0, 0.1) is 0 Å². The highest BCUT2D eigenvalue weighted by atomic mass is 32.1. The van der Waals surface area contributed by atoms with Crippen molar-refractivity contribution in [3.8, 4) is 0 Å². The summed E-state index contributed by atoms with van der Waals surface area (Å²) in [6, 6.07) is 4.75. The minimum atomic E-state index is -0.193. The maximum absolute atomic E-state index is 12.2. The molecule has 5 nitrogen and oxygen atoms in total. The predicted octanol–water partition coefficient (Wildman–Crippen LogP) is 2.19. The van der Waals surface area contributed by atoms with Gasteiger partial charge in [0.05, 0.1) is 6.04 Å². The summed E-state index contributed by atoms with van der Waals surface area (Å²) in [5.41, 5.74) is 12.8. The number of thiazole rings is 1. The Hall–Kier alpha value is -2.08. The predicted molar refractivity (Wildman–Crippen MR) is 77.9 cm³/mol. The first-order chi connectivity index (χ1) is 9.10. The monoisotopic (exact) mass is 276 g/mol. The third kappa shape index (κ3) is 3.23. The topological polar surface area (TPSA) is 94.0 Å². The summed E-state index contributed by atoms with van der Waals surface area (Å²) in [7, 11) is 0. The summed E-state index contributed by atoms with van der Waals surface area (Å²) < 4.78 is 0. The van der Waals surface area contributed by atoms with Gasteiger partial charge in [-0.15, -0.1) is 11.3 Å². The minimum Gasteiger partial charge on any atom is -0.399 e. The van der Waals surface area contributed by atoms with Gasteiger partial charge < -0.3 is 16.8 Å². The molecule has 6 heteroatoms. The van der Waals surface area contributed by atoms with Crippen LogP contribution in [-0.4, -0.2) is 10.9 Å². The zero-order valence-corrected chi connectivity index (χ0v) is 11.4. The number of nitrogens with two attached hydrogens (primary N) is 2. The highest BCUT2D eigenvalue weighted by Crippen LogP contribution is 2.20. The maximum atomic E-state index is 12.2. The van der Waals surface area contributed by atoms with Gasteiger partial charge in [0.15, 0.2) is 0 Å². The first-order valence-electron chi connectivity index (χ1n) is 5.96. The molecule has 1 unspecified atom stereocenters. The first-order valence-corrected chi connectivity index (χ1v) is 6.84. The largest absolute Gasteiger partial charge is 0.399 e. The first kappa shape index (κ1) is 13.4. The van der Waals surface area contributed by atoms with Gasteiger partial charge in [0, 0.05) is 28.5 Å². The average molecular weight is 276 g/mol. The molecule has 2 aromatic rings. The zero-order valence-electron chi connectivity index (χ0n) is 10.6. The Balaban J connectivity index is 2.15. The van der Waals surface area contributed by atoms with Gasteiger partial charge in [0.25, 0.3) is 5.91 Å². The number of hydrogen-bond donors (Lipinski definition) is 3. The standard InChI is InChI=1S/C13H16N4OS/c1-2-11(13-16-3-4-19-13)17-12(18)8-5-9(14)7-10(15)6-8/h3-7,11H,2,14-15H2,1H3,(H,17,18). The number of carbonyl (C=O) groups excluding carboxylic acids is 1. The van der Waals surface area contributed by atoms with Gasteiger partial charge in [-0.2, -0.15) is 0 Å². The van der Waals surface area contributed by atoms with Crippen LogP contribution in [-0.2, 0) is 0 Å². The molecule has 100 valence electrons. The Morgan fingerprint density at radius 3 is 2.58 bits per heavy atom. The van der Waals surface area contributed by atoms with Crippen molar-refractivity contribution in [3.05, 3.63) is 40.3 Å². The zero-order chi connectivity index (χ0) is 13.8. The second-order valence-electron chi connectivity index (χ2n) is 4.19. The molecule has 0 saturated heterocycles. The number of benzene rings is 1. The fourth-order valence-electron chi connectivity index (χ4n) is 1.79. The van der Waals surface area contributed by atoms with Crippen molar-refractivity contribution >= 4 is 28.6 Å². The molecule has 0 aliphatic rings. The molecule has 1 atom stereocenters. The summed E-state index contributed by atoms with van der Waals surface area (Å²) >= 11 is 1.52. The highest BCUT2D eigenvalue weighted by Gasteiger charge is 2.16. The van der Waals surface area contributed by atoms with E-state index in [1.54, 1.807) is 24.4 Å². The number of aromatic nitrogens is 1. The van der Waals surface area contributed by atoms with Gasteiger partial charge in [0.1, 0.15) is 5.01 Å². The van der Waals surface area contributed by atoms with Gasteiger partial charge >= 0.3 is 0 Å². The maximum Gasteiger partial charge on any atom is 0.251 e. The van der Waals surface area contributed by atoms with Crippen molar-refractivity contribution in [3.63, 3.8) is 0 Å². The van der Waals surface area contributed by atoms with Crippen molar-refractivity contribution in [1.29, 1.82) is 0 Å². The number of nitrogen functional groups attached to an aromatic ring is 2. The molecule has 2 rings (SSSR count). The summed E-state index contributed by atoms with van der Waals surface area (Å²) in [6.45, 7) is 2.00. The number of carbonyl (C=O) groups is 1. The van der Waals surface area contributed by atoms with Crippen molar-refractivity contribution < 1.29 is 4.79 Å². The minimum absolute atomic E-state index is 0.0878. The van der Waals surface area contributed by atoms with Gasteiger partial charge in [-0.3, -0.25) is 4.79 Å². The van der Waals surface area contributed by atoms with E-state index in [1.807, 2.05) is 12.3 Å². The van der Waals surface area contributed by atoms with Gasteiger partial charge in [-0.25, -0.2) is 4.98 Å². The number of hydrogen-bond acceptors (Lipinski definition) is 5. The molecular weight excluding hydrogens is 260 g/mol. The molecule has 1 amide bonds. The average Bonchev–Trinajstić information content (AvgIpc) is 2.88. The van der Waals surface area contributed by atoms with Gasteiger partial charge in [-0.05, 0) is 24.6 Å². The third-order valence-electron chi connectivity index (χ3n) is 2.70. The molecular formula is C13H16N4OS. The number of amides is 1. The van der Waals surface area contributed by atoms with Crippen molar-refractivity contribution in [1.82, 2.24) is 10.3 Å². The summed E-state index contributed by atoms with van der Waals surface area (Å²) in [6.07, 6.45) is 2.50. The summed E-state index contributed by atoms with van der Waals surface area (Å²) in [5.74, 6) is -0.193. The molecule has 0 aliphatic heterocycles. The van der Waals surface area contributed by atoms with Crippen molar-refractivity contribution in [2.75, 3.05) is 11.5 Å². The fraction of sp³-hybridized carbons (Fsp3) is 0.231. The van der Waals surface area contributed by atoms with Crippen LogP contribution in [0.1, 0.15) is 34.8 Å². The normalized spacial score (nSPS) is 12.1. The Bertz CT molecular complexity index is 548. The number of nitrogens with zero attached hydrogens (tertiary/aromatic N) is 1. The molecule has 0 spiro atoms. The molecule has 5 N–H and O–H groups in total. The van der Waals surface area contributed by atoms with E-state index in [0.29, 0.717) is 16.9 Å². The van der Waals surface area contributed by atoms with Gasteiger partial charge in [-0.1, -0.05) is 6.92 Å². The Kier molecular flexibility index (Phi) is 4.01. The number of rotatable bonds is 4. The summed E-state index contributed by atoms with van der Waals surface area (Å²) in [4.78, 5) is 16.4. The second-order valence-corrected chi connectivity index (χ2v) is 5.12. The van der Waals surface area contributed by atoms with Crippen LogP contribution in [0.3, 0.4) is 0 Å². The van der Waals surface area contributed by atoms with Crippen LogP contribution in [0.15, 0.2) is 29.8 Å². The van der Waals surface area contributed by atoms with E-state index in [0.717, 1.165) is 11.4 Å². The molecule has 0 saturated carbocycles. The van der Waals surface area contributed by atoms with Crippen LogP contribution in [0.25, 0.3) is 0 Å². The Morgan fingerprint density at radius 2 is 2.05 bits per heavy atom. The van der Waals surface area contributed by atoms with Gasteiger partial charge in [0.2, 0.25) is 0 Å². The van der Waals surface area contributed by atoms with E-state index in [9.17, 15) is 4.79 Å². The van der Waals surface area contributed by atoms with Crippen LogP contribution in [0.4, 0.5) is 11.4 Å². The summed E-state index contributed by atoms with van der Waals surface area (Å²) in [5, 5.41) is 5.73. The lowest BCUT2D eigenvalue weighted by atomic mass is 10.1. The van der Waals surface area contributed by atoms with E-state index in [1.165, 1.54) is 11.3 Å². The number of nitrogens with one attached hydrogen (secondary N) is 1. The lowest BCUT2D eigenvalue weighted by Gasteiger charge is -2.14. The number of anilines is 2. The van der Waals surface area contributed by atoms with E-state index in [-0.39, 0.29) is 11.9 Å². The van der Waals surface area contributed by atoms with Crippen LogP contribution < -0.4 is 16.8 Å². The van der Waals surface area contributed by atoms with Crippen LogP contribution >= 0.6 is 11.3 Å². The van der Waals surface area contributed by atoms with Crippen molar-refractivity contribution in [2.24, 2.45) is 0 Å². The molecule has 0 bridgehead atoms. The quantitative estimate of drug-likeness (QED) is 0.746. The highest BCUT2D eigenvalue weighted by molar-refractivity contribution is 7.09. The fourth-order valence-corrected chi connectivity index (χ4v) is 2.57. The Morgan fingerprint density at radius 1 is 1.37 bits per heavy atom. The van der Waals surface area contributed by atoms with Crippen molar-refractivity contribution in [2.45, 2.75) is 19.4 Å². The second kappa shape index (κ2) is 5.71. The Labute approximate surface area is 115 Å². The van der Waals surface area contributed by atoms with E-state index in [2.05, 4.69) is 10.3 Å². The third-order valence-corrected chi connectivity index (χ3v) is 3.59. The molecule has 1 aromatic heterocycles. The smallest absolute Gasteiger partial charge is 0.251 e. The molecule has 19 heavy (non-hydrogen) atoms. The molecule has 1 aromatic carbocycles. The molecule has 1 heterocycles. The van der Waals surface area contributed by atoms with E-state index < -0.39 is 0 Å². The lowest BCUT2D eigenvalue weighted by molar-refractivity contribution is 0.0935. The SMILES string of the molecule is CCC(NC(=O)c1cc(N)cc(N)c1)c1nccs1. The van der Waals surface area contributed by atoms with Crippen LogP contribution in [0.2, 0.25) is 0 Å². The van der Waals surface area contributed by atoms with Crippen LogP contribution in [0.5, 0.6) is 0 Å². The molecule has 0 fully saturated rings. The van der Waals surface area contributed by atoms with E-state index >= 15 is 0 Å². The molecule has 0 aliphatic carbocycles.